The average molecular weight is 331 g/mol. The van der Waals surface area contributed by atoms with Gasteiger partial charge in [0.1, 0.15) is 5.75 Å². The van der Waals surface area contributed by atoms with Crippen molar-refractivity contribution in [2.75, 3.05) is 6.61 Å². The Labute approximate surface area is 135 Å². The number of nitrogens with one attached hydrogen (secondary N) is 1. The minimum atomic E-state index is -0.0122. The summed E-state index contributed by atoms with van der Waals surface area (Å²) in [5, 5.41) is 3.73. The fourth-order valence-electron chi connectivity index (χ4n) is 3.08. The highest BCUT2D eigenvalue weighted by Crippen LogP contribution is 2.38. The molecule has 6 heteroatoms. The standard InChI is InChI=1S/C15H19ClN2O2.ClH/c16-12-3-1-2-11-13(6-7-20-14(11)12)18-15(19)9-4-5-10(17)8-9;/h1-3,9-10,13H,4-8,17H2,(H,18,19);1H. The summed E-state index contributed by atoms with van der Waals surface area (Å²) in [7, 11) is 0. The van der Waals surface area contributed by atoms with E-state index in [1.165, 1.54) is 0 Å². The molecule has 116 valence electrons. The summed E-state index contributed by atoms with van der Waals surface area (Å²) >= 11 is 6.14. The third-order valence-corrected chi connectivity index (χ3v) is 4.48. The van der Waals surface area contributed by atoms with Gasteiger partial charge in [0.2, 0.25) is 5.91 Å². The van der Waals surface area contributed by atoms with Crippen molar-refractivity contribution >= 4 is 29.9 Å². The van der Waals surface area contributed by atoms with Crippen LogP contribution in [0.4, 0.5) is 0 Å². The predicted molar refractivity (Wildman–Crippen MR) is 85.0 cm³/mol. The summed E-state index contributed by atoms with van der Waals surface area (Å²) in [5.41, 5.74) is 6.85. The van der Waals surface area contributed by atoms with Crippen LogP contribution in [-0.2, 0) is 4.79 Å². The van der Waals surface area contributed by atoms with Gasteiger partial charge < -0.3 is 15.8 Å². The van der Waals surface area contributed by atoms with Crippen molar-refractivity contribution in [2.24, 2.45) is 11.7 Å². The molecule has 0 saturated heterocycles. The number of rotatable bonds is 2. The molecule has 1 aliphatic heterocycles. The summed E-state index contributed by atoms with van der Waals surface area (Å²) in [6.07, 6.45) is 3.39. The molecule has 1 heterocycles. The lowest BCUT2D eigenvalue weighted by Gasteiger charge is -2.28. The number of hydrogen-bond acceptors (Lipinski definition) is 3. The average Bonchev–Trinajstić information content (AvgIpc) is 2.87. The van der Waals surface area contributed by atoms with Crippen molar-refractivity contribution < 1.29 is 9.53 Å². The number of halogens is 2. The van der Waals surface area contributed by atoms with Crippen LogP contribution >= 0.6 is 24.0 Å². The summed E-state index contributed by atoms with van der Waals surface area (Å²) < 4.78 is 5.61. The second kappa shape index (κ2) is 6.86. The lowest BCUT2D eigenvalue weighted by Crippen LogP contribution is -2.36. The highest BCUT2D eigenvalue weighted by molar-refractivity contribution is 6.32. The molecule has 3 N–H and O–H groups in total. The predicted octanol–water partition coefficient (Wildman–Crippen LogP) is 2.83. The molecule has 4 nitrogen and oxygen atoms in total. The maximum Gasteiger partial charge on any atom is 0.223 e. The van der Waals surface area contributed by atoms with Gasteiger partial charge in [-0.15, -0.1) is 12.4 Å². The maximum atomic E-state index is 12.3. The number of para-hydroxylation sites is 1. The highest BCUT2D eigenvalue weighted by atomic mass is 35.5. The Hall–Kier alpha value is -0.970. The molecular weight excluding hydrogens is 311 g/mol. The van der Waals surface area contributed by atoms with Crippen LogP contribution in [0.5, 0.6) is 5.75 Å². The van der Waals surface area contributed by atoms with Gasteiger partial charge in [-0.1, -0.05) is 23.7 Å². The second-order valence-corrected chi connectivity index (χ2v) is 6.03. The Morgan fingerprint density at radius 2 is 2.14 bits per heavy atom. The molecule has 3 rings (SSSR count). The molecule has 0 aromatic heterocycles. The van der Waals surface area contributed by atoms with Crippen molar-refractivity contribution in [1.29, 1.82) is 0 Å². The molecule has 0 spiro atoms. The first-order valence-electron chi connectivity index (χ1n) is 7.12. The number of nitrogens with two attached hydrogens (primary N) is 1. The van der Waals surface area contributed by atoms with Crippen molar-refractivity contribution in [3.8, 4) is 5.75 Å². The Kier molecular flexibility index (Phi) is 5.36. The summed E-state index contributed by atoms with van der Waals surface area (Å²) in [6.45, 7) is 0.575. The minimum Gasteiger partial charge on any atom is -0.492 e. The SMILES string of the molecule is Cl.NC1CCC(C(=O)NC2CCOc3c(Cl)cccc32)C1. The molecule has 1 fully saturated rings. The smallest absolute Gasteiger partial charge is 0.223 e. The molecule has 0 radical (unpaired) electrons. The fourth-order valence-corrected chi connectivity index (χ4v) is 3.32. The van der Waals surface area contributed by atoms with Crippen LogP contribution in [0.3, 0.4) is 0 Å². The van der Waals surface area contributed by atoms with E-state index in [4.69, 9.17) is 22.1 Å². The van der Waals surface area contributed by atoms with Gasteiger partial charge in [-0.25, -0.2) is 0 Å². The molecule has 2 aliphatic rings. The first kappa shape index (κ1) is 16.4. The van der Waals surface area contributed by atoms with Crippen LogP contribution in [0.1, 0.15) is 37.3 Å². The van der Waals surface area contributed by atoms with E-state index in [9.17, 15) is 4.79 Å². The Morgan fingerprint density at radius 3 is 2.86 bits per heavy atom. The van der Waals surface area contributed by atoms with Crippen LogP contribution in [0.2, 0.25) is 5.02 Å². The first-order valence-corrected chi connectivity index (χ1v) is 7.50. The Morgan fingerprint density at radius 1 is 1.33 bits per heavy atom. The van der Waals surface area contributed by atoms with Gasteiger partial charge in [0, 0.05) is 23.9 Å². The van der Waals surface area contributed by atoms with E-state index in [-0.39, 0.29) is 36.3 Å². The normalized spacial score (nSPS) is 27.2. The van der Waals surface area contributed by atoms with Crippen molar-refractivity contribution in [3.05, 3.63) is 28.8 Å². The van der Waals surface area contributed by atoms with Crippen LogP contribution in [0.15, 0.2) is 18.2 Å². The molecule has 0 bridgehead atoms. The number of carbonyl (C=O) groups is 1. The van der Waals surface area contributed by atoms with E-state index in [0.29, 0.717) is 17.4 Å². The van der Waals surface area contributed by atoms with Gasteiger partial charge in [0.25, 0.3) is 0 Å². The molecule has 1 saturated carbocycles. The highest BCUT2D eigenvalue weighted by Gasteiger charge is 2.31. The molecule has 1 amide bonds. The number of hydrogen-bond donors (Lipinski definition) is 2. The fraction of sp³-hybridized carbons (Fsp3) is 0.533. The maximum absolute atomic E-state index is 12.3. The van der Waals surface area contributed by atoms with Crippen molar-refractivity contribution in [1.82, 2.24) is 5.32 Å². The van der Waals surface area contributed by atoms with E-state index < -0.39 is 0 Å². The lowest BCUT2D eigenvalue weighted by molar-refractivity contribution is -0.125. The molecule has 1 aromatic rings. The zero-order chi connectivity index (χ0) is 14.1. The topological polar surface area (TPSA) is 64.4 Å². The number of fused-ring (bicyclic) bond motifs is 1. The van der Waals surface area contributed by atoms with Gasteiger partial charge in [-0.2, -0.15) is 0 Å². The molecular formula is C15H20Cl2N2O2. The van der Waals surface area contributed by atoms with Crippen LogP contribution in [-0.4, -0.2) is 18.6 Å². The number of carbonyl (C=O) groups excluding carboxylic acids is 1. The quantitative estimate of drug-likeness (QED) is 0.876. The van der Waals surface area contributed by atoms with E-state index >= 15 is 0 Å². The van der Waals surface area contributed by atoms with Gasteiger partial charge in [-0.05, 0) is 25.3 Å². The minimum absolute atomic E-state index is 0. The largest absolute Gasteiger partial charge is 0.492 e. The summed E-state index contributed by atoms with van der Waals surface area (Å²) in [5.74, 6) is 0.861. The monoisotopic (exact) mass is 330 g/mol. The van der Waals surface area contributed by atoms with Crippen LogP contribution in [0, 0.1) is 5.92 Å². The van der Waals surface area contributed by atoms with Gasteiger partial charge in [0.05, 0.1) is 17.7 Å². The zero-order valence-electron chi connectivity index (χ0n) is 11.7. The van der Waals surface area contributed by atoms with E-state index in [2.05, 4.69) is 5.32 Å². The molecule has 3 unspecified atom stereocenters. The van der Waals surface area contributed by atoms with E-state index in [1.54, 1.807) is 6.07 Å². The van der Waals surface area contributed by atoms with E-state index in [0.717, 1.165) is 31.2 Å². The molecule has 1 aliphatic carbocycles. The first-order chi connectivity index (χ1) is 9.65. The third-order valence-electron chi connectivity index (χ3n) is 4.19. The molecule has 3 atom stereocenters. The van der Waals surface area contributed by atoms with Gasteiger partial charge >= 0.3 is 0 Å². The van der Waals surface area contributed by atoms with Crippen LogP contribution in [0.25, 0.3) is 0 Å². The second-order valence-electron chi connectivity index (χ2n) is 5.63. The number of ether oxygens (including phenoxy) is 1. The molecule has 21 heavy (non-hydrogen) atoms. The number of benzene rings is 1. The Bertz CT molecular complexity index is 524. The summed E-state index contributed by atoms with van der Waals surface area (Å²) in [6, 6.07) is 5.82. The van der Waals surface area contributed by atoms with Gasteiger partial charge in [0.15, 0.2) is 0 Å². The zero-order valence-corrected chi connectivity index (χ0v) is 13.3. The van der Waals surface area contributed by atoms with E-state index in [1.807, 2.05) is 12.1 Å². The third kappa shape index (κ3) is 3.44. The van der Waals surface area contributed by atoms with Crippen molar-refractivity contribution in [2.45, 2.75) is 37.8 Å². The lowest BCUT2D eigenvalue weighted by atomic mass is 9.99. The molecule has 1 aromatic carbocycles. The number of amides is 1. The van der Waals surface area contributed by atoms with Crippen LogP contribution < -0.4 is 15.8 Å². The van der Waals surface area contributed by atoms with Crippen molar-refractivity contribution in [3.63, 3.8) is 0 Å². The Balaban J connectivity index is 0.00000161. The summed E-state index contributed by atoms with van der Waals surface area (Å²) in [4.78, 5) is 12.3. The van der Waals surface area contributed by atoms with Gasteiger partial charge in [-0.3, -0.25) is 4.79 Å².